The van der Waals surface area contributed by atoms with Crippen molar-refractivity contribution < 1.29 is 9.53 Å². The Labute approximate surface area is 206 Å². The van der Waals surface area contributed by atoms with Gasteiger partial charge in [-0.05, 0) is 19.4 Å². The molecule has 1 aliphatic rings. The number of hydrogen-bond acceptors (Lipinski definition) is 7. The van der Waals surface area contributed by atoms with E-state index in [4.69, 9.17) is 4.74 Å². The predicted octanol–water partition coefficient (Wildman–Crippen LogP) is 3.18. The van der Waals surface area contributed by atoms with E-state index in [1.807, 2.05) is 42.2 Å². The molecule has 9 nitrogen and oxygen atoms in total. The molecule has 2 aromatic heterocycles. The Morgan fingerprint density at radius 1 is 1.09 bits per heavy atom. The van der Waals surface area contributed by atoms with Crippen molar-refractivity contribution >= 4 is 24.3 Å². The maximum Gasteiger partial charge on any atom is 0.407 e. The summed E-state index contributed by atoms with van der Waals surface area (Å²) in [6.45, 7) is 9.31. The highest BCUT2D eigenvalue weighted by Gasteiger charge is 2.22. The fraction of sp³-hybridized carbons (Fsp3) is 0.417. The van der Waals surface area contributed by atoms with Crippen LogP contribution in [0.25, 0.3) is 11.3 Å². The summed E-state index contributed by atoms with van der Waals surface area (Å²) in [4.78, 5) is 25.6. The molecule has 0 radical (unpaired) electrons. The number of carbonyl (C=O) groups excluding carboxylic acids is 1. The minimum Gasteiger partial charge on any atom is -0.450 e. The minimum absolute atomic E-state index is 0. The van der Waals surface area contributed by atoms with Gasteiger partial charge in [-0.1, -0.05) is 24.3 Å². The van der Waals surface area contributed by atoms with Gasteiger partial charge in [0.25, 0.3) is 0 Å². The zero-order valence-electron chi connectivity index (χ0n) is 19.9. The molecule has 10 heteroatoms. The molecule has 0 spiro atoms. The first-order chi connectivity index (χ1) is 16.0. The number of amides is 1. The second-order valence-corrected chi connectivity index (χ2v) is 8.14. The van der Waals surface area contributed by atoms with Crippen LogP contribution in [0, 0.1) is 6.92 Å². The SMILES string of the molecule is CCOC(=O)NCc1ccc(-c2nccnc2N2CCN(Cc3cnn(C)c3C)CC2)cc1.Cl. The lowest BCUT2D eigenvalue weighted by molar-refractivity contribution is 0.151. The van der Waals surface area contributed by atoms with E-state index in [-0.39, 0.29) is 12.4 Å². The van der Waals surface area contributed by atoms with Crippen LogP contribution in [0.5, 0.6) is 0 Å². The van der Waals surface area contributed by atoms with Gasteiger partial charge in [-0.15, -0.1) is 12.4 Å². The number of halogens is 1. The van der Waals surface area contributed by atoms with E-state index < -0.39 is 6.09 Å². The number of ether oxygens (including phenoxy) is 1. The number of nitrogens with zero attached hydrogens (tertiary/aromatic N) is 6. The molecule has 0 bridgehead atoms. The molecule has 1 fully saturated rings. The summed E-state index contributed by atoms with van der Waals surface area (Å²) in [5.74, 6) is 0.909. The lowest BCUT2D eigenvalue weighted by atomic mass is 10.1. The van der Waals surface area contributed by atoms with Gasteiger partial charge >= 0.3 is 6.09 Å². The number of nitrogens with one attached hydrogen (secondary N) is 1. The molecular formula is C24H32ClN7O2. The van der Waals surface area contributed by atoms with Crippen LogP contribution in [0.15, 0.2) is 42.9 Å². The smallest absolute Gasteiger partial charge is 0.407 e. The summed E-state index contributed by atoms with van der Waals surface area (Å²) in [5.41, 5.74) is 5.38. The summed E-state index contributed by atoms with van der Waals surface area (Å²) >= 11 is 0. The molecule has 4 rings (SSSR count). The first-order valence-electron chi connectivity index (χ1n) is 11.3. The number of piperazine rings is 1. The van der Waals surface area contributed by atoms with Crippen LogP contribution < -0.4 is 10.2 Å². The molecule has 3 heterocycles. The van der Waals surface area contributed by atoms with E-state index in [0.29, 0.717) is 13.2 Å². The molecule has 1 aromatic carbocycles. The number of alkyl carbamates (subject to hydrolysis) is 1. The average molecular weight is 486 g/mol. The fourth-order valence-corrected chi connectivity index (χ4v) is 3.96. The van der Waals surface area contributed by atoms with E-state index >= 15 is 0 Å². The summed E-state index contributed by atoms with van der Waals surface area (Å²) in [6.07, 6.45) is 5.04. The minimum atomic E-state index is -0.407. The van der Waals surface area contributed by atoms with Gasteiger partial charge in [0.1, 0.15) is 5.69 Å². The lowest BCUT2D eigenvalue weighted by Gasteiger charge is -2.35. The van der Waals surface area contributed by atoms with Gasteiger partial charge in [0, 0.05) is 75.5 Å². The highest BCUT2D eigenvalue weighted by atomic mass is 35.5. The molecule has 0 unspecified atom stereocenters. The van der Waals surface area contributed by atoms with Gasteiger partial charge < -0.3 is 15.0 Å². The Morgan fingerprint density at radius 2 is 1.79 bits per heavy atom. The number of aromatic nitrogens is 4. The third-order valence-corrected chi connectivity index (χ3v) is 6.02. The van der Waals surface area contributed by atoms with E-state index in [2.05, 4.69) is 37.1 Å². The molecule has 1 amide bonds. The molecule has 34 heavy (non-hydrogen) atoms. The van der Waals surface area contributed by atoms with Gasteiger partial charge in [-0.3, -0.25) is 14.6 Å². The molecule has 0 saturated carbocycles. The topological polar surface area (TPSA) is 88.4 Å². The zero-order valence-corrected chi connectivity index (χ0v) is 20.7. The molecule has 182 valence electrons. The third-order valence-electron chi connectivity index (χ3n) is 6.02. The number of benzene rings is 1. The molecule has 1 saturated heterocycles. The molecule has 0 atom stereocenters. The van der Waals surface area contributed by atoms with Crippen LogP contribution >= 0.6 is 12.4 Å². The van der Waals surface area contributed by atoms with E-state index in [1.54, 1.807) is 19.3 Å². The van der Waals surface area contributed by atoms with Crippen LogP contribution in [-0.2, 0) is 24.9 Å². The predicted molar refractivity (Wildman–Crippen MR) is 134 cm³/mol. The van der Waals surface area contributed by atoms with Crippen LogP contribution in [0.4, 0.5) is 10.6 Å². The monoisotopic (exact) mass is 485 g/mol. The number of carbonyl (C=O) groups is 1. The van der Waals surface area contributed by atoms with Gasteiger partial charge in [-0.25, -0.2) is 9.78 Å². The maximum absolute atomic E-state index is 11.5. The van der Waals surface area contributed by atoms with Crippen molar-refractivity contribution in [1.82, 2.24) is 30.0 Å². The molecule has 0 aliphatic carbocycles. The first kappa shape index (κ1) is 25.5. The van der Waals surface area contributed by atoms with Gasteiger partial charge in [-0.2, -0.15) is 5.10 Å². The molecular weight excluding hydrogens is 454 g/mol. The van der Waals surface area contributed by atoms with Crippen molar-refractivity contribution in [3.8, 4) is 11.3 Å². The second-order valence-electron chi connectivity index (χ2n) is 8.14. The fourth-order valence-electron chi connectivity index (χ4n) is 3.96. The van der Waals surface area contributed by atoms with Gasteiger partial charge in [0.15, 0.2) is 5.82 Å². The van der Waals surface area contributed by atoms with Crippen molar-refractivity contribution in [1.29, 1.82) is 0 Å². The molecule has 1 N–H and O–H groups in total. The normalized spacial score (nSPS) is 13.9. The Kier molecular flexibility index (Phi) is 8.84. The van der Waals surface area contributed by atoms with E-state index in [9.17, 15) is 4.79 Å². The summed E-state index contributed by atoms with van der Waals surface area (Å²) in [6, 6.07) is 8.04. The Morgan fingerprint density at radius 3 is 2.44 bits per heavy atom. The van der Waals surface area contributed by atoms with Crippen molar-refractivity contribution in [3.63, 3.8) is 0 Å². The quantitative estimate of drug-likeness (QED) is 0.549. The van der Waals surface area contributed by atoms with Crippen molar-refractivity contribution in [2.45, 2.75) is 26.9 Å². The Bertz CT molecular complexity index is 1080. The number of hydrogen-bond donors (Lipinski definition) is 1. The Hall–Kier alpha value is -3.17. The maximum atomic E-state index is 11.5. The van der Waals surface area contributed by atoms with Crippen molar-refractivity contribution in [2.75, 3.05) is 37.7 Å². The Balaban J connectivity index is 0.00000324. The van der Waals surface area contributed by atoms with E-state index in [1.165, 1.54) is 11.3 Å². The standard InChI is InChI=1S/C24H31N7O2.ClH/c1-4-33-24(32)27-15-19-5-7-20(8-6-19)22-23(26-10-9-25-22)31-13-11-30(12-14-31)17-21-16-28-29(3)18(21)2;/h5-10,16H,4,11-15,17H2,1-3H3,(H,27,32);1H. The van der Waals surface area contributed by atoms with Crippen LogP contribution in [0.2, 0.25) is 0 Å². The molecule has 1 aliphatic heterocycles. The third kappa shape index (κ3) is 6.03. The van der Waals surface area contributed by atoms with E-state index in [0.717, 1.165) is 55.4 Å². The average Bonchev–Trinajstić information content (AvgIpc) is 3.16. The first-order valence-corrected chi connectivity index (χ1v) is 11.3. The summed E-state index contributed by atoms with van der Waals surface area (Å²) in [5, 5.41) is 7.10. The summed E-state index contributed by atoms with van der Waals surface area (Å²) in [7, 11) is 1.98. The van der Waals surface area contributed by atoms with Crippen molar-refractivity contribution in [2.24, 2.45) is 7.05 Å². The number of aryl methyl sites for hydroxylation is 1. The van der Waals surface area contributed by atoms with Gasteiger partial charge in [0.2, 0.25) is 0 Å². The second kappa shape index (κ2) is 11.8. The largest absolute Gasteiger partial charge is 0.450 e. The van der Waals surface area contributed by atoms with Gasteiger partial charge in [0.05, 0.1) is 12.8 Å². The number of rotatable bonds is 7. The number of anilines is 1. The lowest BCUT2D eigenvalue weighted by Crippen LogP contribution is -2.46. The highest BCUT2D eigenvalue weighted by Crippen LogP contribution is 2.28. The van der Waals surface area contributed by atoms with Crippen molar-refractivity contribution in [3.05, 3.63) is 59.7 Å². The summed E-state index contributed by atoms with van der Waals surface area (Å²) < 4.78 is 6.83. The zero-order chi connectivity index (χ0) is 23.2. The van der Waals surface area contributed by atoms with Crippen LogP contribution in [0.3, 0.4) is 0 Å². The highest BCUT2D eigenvalue weighted by molar-refractivity contribution is 5.85. The molecule has 3 aromatic rings. The van der Waals surface area contributed by atoms with Crippen LogP contribution in [-0.4, -0.2) is 63.5 Å². The van der Waals surface area contributed by atoms with Crippen LogP contribution in [0.1, 0.15) is 23.7 Å².